The number of carbonyl (C=O) groups is 2. The number of likely N-dealkylation sites (tertiary alicyclic amines) is 1. The molecule has 11 heteroatoms. The molecule has 1 atom stereocenters. The van der Waals surface area contributed by atoms with E-state index < -0.39 is 0 Å². The third-order valence-corrected chi connectivity index (χ3v) is 6.00. The molecule has 1 unspecified atom stereocenters. The summed E-state index contributed by atoms with van der Waals surface area (Å²) in [5.74, 6) is 1.20. The largest absolute Gasteiger partial charge is 0.479 e. The van der Waals surface area contributed by atoms with Crippen LogP contribution in [0.5, 0.6) is 5.88 Å². The SMILES string of the molecule is COCCNC(=O)c1nnc2n1CCC1(CC2)CCN(C(=O)c2cc(OC)no2)C1. The maximum absolute atomic E-state index is 12.8. The molecule has 2 aliphatic rings. The van der Waals surface area contributed by atoms with Crippen LogP contribution < -0.4 is 10.1 Å². The van der Waals surface area contributed by atoms with Crippen LogP contribution in [0.25, 0.3) is 0 Å². The summed E-state index contributed by atoms with van der Waals surface area (Å²) in [7, 11) is 3.07. The Morgan fingerprint density at radius 3 is 2.83 bits per heavy atom. The van der Waals surface area contributed by atoms with E-state index in [0.717, 1.165) is 31.5 Å². The number of nitrogens with zero attached hydrogens (tertiary/aromatic N) is 5. The quantitative estimate of drug-likeness (QED) is 0.673. The van der Waals surface area contributed by atoms with Crippen LogP contribution in [-0.2, 0) is 17.7 Å². The Kier molecular flexibility index (Phi) is 5.71. The van der Waals surface area contributed by atoms with E-state index in [1.54, 1.807) is 7.11 Å². The molecule has 0 aromatic carbocycles. The number of amides is 2. The molecule has 1 N–H and O–H groups in total. The van der Waals surface area contributed by atoms with E-state index in [9.17, 15) is 9.59 Å². The normalized spacial score (nSPS) is 20.8. The van der Waals surface area contributed by atoms with Crippen molar-refractivity contribution < 1.29 is 23.6 Å². The van der Waals surface area contributed by atoms with Crippen molar-refractivity contribution in [2.75, 3.05) is 40.5 Å². The Hall–Kier alpha value is -2.95. The van der Waals surface area contributed by atoms with Gasteiger partial charge in [0.1, 0.15) is 5.82 Å². The number of hydrogen-bond acceptors (Lipinski definition) is 8. The van der Waals surface area contributed by atoms with E-state index in [2.05, 4.69) is 20.7 Å². The van der Waals surface area contributed by atoms with Crippen LogP contribution in [0.2, 0.25) is 0 Å². The van der Waals surface area contributed by atoms with Gasteiger partial charge >= 0.3 is 0 Å². The molecule has 0 saturated carbocycles. The number of methoxy groups -OCH3 is 2. The van der Waals surface area contributed by atoms with Gasteiger partial charge < -0.3 is 28.8 Å². The van der Waals surface area contributed by atoms with Crippen LogP contribution in [-0.4, -0.2) is 77.1 Å². The van der Waals surface area contributed by atoms with Gasteiger partial charge in [-0.15, -0.1) is 10.2 Å². The minimum absolute atomic E-state index is 0.00966. The number of hydrogen-bond donors (Lipinski definition) is 1. The predicted octanol–water partition coefficient (Wildman–Crippen LogP) is 0.520. The van der Waals surface area contributed by atoms with Crippen LogP contribution in [0.4, 0.5) is 0 Å². The first-order chi connectivity index (χ1) is 14.5. The first kappa shape index (κ1) is 20.3. The van der Waals surface area contributed by atoms with Gasteiger partial charge in [0.05, 0.1) is 19.8 Å². The van der Waals surface area contributed by atoms with Gasteiger partial charge in [-0.1, -0.05) is 0 Å². The summed E-state index contributed by atoms with van der Waals surface area (Å²) in [5.41, 5.74) is -0.00966. The van der Waals surface area contributed by atoms with Gasteiger partial charge in [0.15, 0.2) is 0 Å². The van der Waals surface area contributed by atoms with E-state index in [1.807, 2.05) is 9.47 Å². The standard InChI is InChI=1S/C19H26N6O5/c1-28-10-7-20-17(26)16-22-21-14-3-4-19(6-9-25(14)16)5-8-24(12-19)18(27)13-11-15(29-2)23-30-13/h11H,3-10,12H2,1-2H3,(H,20,26). The number of carbonyl (C=O) groups excluding carboxylic acids is 2. The van der Waals surface area contributed by atoms with Gasteiger partial charge in [-0.2, -0.15) is 0 Å². The highest BCUT2D eigenvalue weighted by atomic mass is 16.5. The second-order valence-electron chi connectivity index (χ2n) is 7.80. The zero-order valence-electron chi connectivity index (χ0n) is 17.2. The average Bonchev–Trinajstić information content (AvgIpc) is 3.46. The molecule has 162 valence electrons. The molecule has 30 heavy (non-hydrogen) atoms. The van der Waals surface area contributed by atoms with Gasteiger partial charge in [0.2, 0.25) is 11.6 Å². The Balaban J connectivity index is 1.41. The number of fused-ring (bicyclic) bond motifs is 1. The van der Waals surface area contributed by atoms with Gasteiger partial charge in [-0.3, -0.25) is 9.59 Å². The van der Waals surface area contributed by atoms with Crippen molar-refractivity contribution in [3.63, 3.8) is 0 Å². The molecule has 2 amide bonds. The van der Waals surface area contributed by atoms with E-state index in [0.29, 0.717) is 38.6 Å². The molecular formula is C19H26N6O5. The molecule has 2 aromatic rings. The minimum atomic E-state index is -0.246. The fourth-order valence-corrected chi connectivity index (χ4v) is 4.25. The second-order valence-corrected chi connectivity index (χ2v) is 7.80. The zero-order valence-corrected chi connectivity index (χ0v) is 17.2. The lowest BCUT2D eigenvalue weighted by Crippen LogP contribution is -2.32. The van der Waals surface area contributed by atoms with Crippen molar-refractivity contribution in [2.45, 2.75) is 32.2 Å². The monoisotopic (exact) mass is 418 g/mol. The molecule has 1 spiro atoms. The molecule has 2 aliphatic heterocycles. The molecule has 11 nitrogen and oxygen atoms in total. The molecule has 4 heterocycles. The van der Waals surface area contributed by atoms with Crippen molar-refractivity contribution >= 4 is 11.8 Å². The van der Waals surface area contributed by atoms with Gasteiger partial charge in [-0.05, 0) is 29.8 Å². The summed E-state index contributed by atoms with van der Waals surface area (Å²) in [6.07, 6.45) is 3.36. The van der Waals surface area contributed by atoms with E-state index >= 15 is 0 Å². The van der Waals surface area contributed by atoms with Gasteiger partial charge in [0, 0.05) is 39.7 Å². The highest BCUT2D eigenvalue weighted by Crippen LogP contribution is 2.41. The second kappa shape index (κ2) is 8.42. The van der Waals surface area contributed by atoms with Crippen LogP contribution in [0.3, 0.4) is 0 Å². The van der Waals surface area contributed by atoms with Crippen molar-refractivity contribution in [3.8, 4) is 5.88 Å². The van der Waals surface area contributed by atoms with Crippen LogP contribution >= 0.6 is 0 Å². The van der Waals surface area contributed by atoms with Gasteiger partial charge in [-0.25, -0.2) is 0 Å². The lowest BCUT2D eigenvalue weighted by Gasteiger charge is -2.27. The van der Waals surface area contributed by atoms with Crippen molar-refractivity contribution in [3.05, 3.63) is 23.5 Å². The van der Waals surface area contributed by atoms with Crippen LogP contribution in [0.15, 0.2) is 10.6 Å². The lowest BCUT2D eigenvalue weighted by atomic mass is 9.80. The van der Waals surface area contributed by atoms with Gasteiger partial charge in [0.25, 0.3) is 17.7 Å². The van der Waals surface area contributed by atoms with E-state index in [-0.39, 0.29) is 28.9 Å². The minimum Gasteiger partial charge on any atom is -0.479 e. The third-order valence-electron chi connectivity index (χ3n) is 6.00. The molecule has 1 saturated heterocycles. The summed E-state index contributed by atoms with van der Waals surface area (Å²) in [6, 6.07) is 1.51. The molecule has 4 rings (SSSR count). The summed E-state index contributed by atoms with van der Waals surface area (Å²) < 4.78 is 17.0. The van der Waals surface area contributed by atoms with Crippen molar-refractivity contribution in [2.24, 2.45) is 5.41 Å². The number of nitrogens with one attached hydrogen (secondary N) is 1. The topological polar surface area (TPSA) is 125 Å². The van der Waals surface area contributed by atoms with Crippen LogP contribution in [0, 0.1) is 5.41 Å². The molecule has 1 fully saturated rings. The Morgan fingerprint density at radius 2 is 2.07 bits per heavy atom. The maximum Gasteiger partial charge on any atom is 0.292 e. The Morgan fingerprint density at radius 1 is 1.23 bits per heavy atom. The third kappa shape index (κ3) is 3.89. The Labute approximate surface area is 173 Å². The highest BCUT2D eigenvalue weighted by Gasteiger charge is 2.42. The molecule has 0 radical (unpaired) electrons. The average molecular weight is 418 g/mol. The maximum atomic E-state index is 12.8. The van der Waals surface area contributed by atoms with Crippen LogP contribution in [0.1, 0.15) is 46.3 Å². The first-order valence-electron chi connectivity index (χ1n) is 10.0. The Bertz CT molecular complexity index is 924. The highest BCUT2D eigenvalue weighted by molar-refractivity contribution is 5.92. The first-order valence-corrected chi connectivity index (χ1v) is 10.0. The number of aromatic nitrogens is 4. The van der Waals surface area contributed by atoms with E-state index in [1.165, 1.54) is 13.2 Å². The number of aryl methyl sites for hydroxylation is 1. The zero-order chi connectivity index (χ0) is 21.1. The van der Waals surface area contributed by atoms with E-state index in [4.69, 9.17) is 14.0 Å². The lowest BCUT2D eigenvalue weighted by molar-refractivity contribution is 0.0725. The van der Waals surface area contributed by atoms with Crippen molar-refractivity contribution in [1.29, 1.82) is 0 Å². The predicted molar refractivity (Wildman–Crippen MR) is 103 cm³/mol. The molecule has 0 bridgehead atoms. The summed E-state index contributed by atoms with van der Waals surface area (Å²) in [5, 5.41) is 14.8. The fourth-order valence-electron chi connectivity index (χ4n) is 4.25. The van der Waals surface area contributed by atoms with Crippen molar-refractivity contribution in [1.82, 2.24) is 30.1 Å². The molecular weight excluding hydrogens is 392 g/mol. The number of rotatable bonds is 6. The summed E-state index contributed by atoms with van der Waals surface area (Å²) >= 11 is 0. The number of ether oxygens (including phenoxy) is 2. The summed E-state index contributed by atoms with van der Waals surface area (Å²) in [6.45, 7) is 2.81. The summed E-state index contributed by atoms with van der Waals surface area (Å²) in [4.78, 5) is 27.0. The fraction of sp³-hybridized carbons (Fsp3) is 0.632. The molecule has 2 aromatic heterocycles. The molecule has 0 aliphatic carbocycles. The smallest absolute Gasteiger partial charge is 0.292 e.